The zero-order valence-electron chi connectivity index (χ0n) is 16.8. The van der Waals surface area contributed by atoms with Crippen LogP contribution in [0.3, 0.4) is 0 Å². The third-order valence-electron chi connectivity index (χ3n) is 4.42. The van der Waals surface area contributed by atoms with Gasteiger partial charge in [-0.2, -0.15) is 0 Å². The van der Waals surface area contributed by atoms with E-state index in [4.69, 9.17) is 5.41 Å². The zero-order valence-corrected chi connectivity index (χ0v) is 16.8. The molecule has 148 valence electrons. The molecule has 5 N–H and O–H groups in total. The summed E-state index contributed by atoms with van der Waals surface area (Å²) >= 11 is 0. The predicted octanol–water partition coefficient (Wildman–Crippen LogP) is 2.22. The number of imide groups is 1. The molecule has 1 fully saturated rings. The molecule has 27 heavy (non-hydrogen) atoms. The molecule has 0 aliphatic heterocycles. The number of amides is 2. The normalized spacial score (nSPS) is 16.6. The molecular weight excluding hydrogens is 342 g/mol. The van der Waals surface area contributed by atoms with Gasteiger partial charge >= 0.3 is 0 Å². The maximum atomic E-state index is 11.9. The highest BCUT2D eigenvalue weighted by Crippen LogP contribution is 2.21. The van der Waals surface area contributed by atoms with Crippen molar-refractivity contribution in [2.45, 2.75) is 53.0 Å². The van der Waals surface area contributed by atoms with Crippen LogP contribution in [0.1, 0.15) is 47.0 Å². The molecule has 0 bridgehead atoms. The number of carbonyl (C=O) groups excluding carboxylic acids is 2. The highest BCUT2D eigenvalue weighted by Gasteiger charge is 2.22. The highest BCUT2D eigenvalue weighted by atomic mass is 16.2. The summed E-state index contributed by atoms with van der Waals surface area (Å²) in [6.45, 7) is 8.16. The predicted molar refractivity (Wildman–Crippen MR) is 109 cm³/mol. The van der Waals surface area contributed by atoms with E-state index in [2.05, 4.69) is 48.1 Å². The lowest BCUT2D eigenvalue weighted by molar-refractivity contribution is -0.122. The summed E-state index contributed by atoms with van der Waals surface area (Å²) in [5.41, 5.74) is 3.94. The maximum absolute atomic E-state index is 11.9. The molecule has 1 aliphatic rings. The zero-order chi connectivity index (χ0) is 20.4. The van der Waals surface area contributed by atoms with Gasteiger partial charge in [-0.1, -0.05) is 12.5 Å². The molecule has 1 aliphatic carbocycles. The first-order valence-electron chi connectivity index (χ1n) is 9.13. The van der Waals surface area contributed by atoms with Crippen molar-refractivity contribution in [3.05, 3.63) is 46.1 Å². The van der Waals surface area contributed by atoms with Gasteiger partial charge in [0.2, 0.25) is 6.41 Å². The molecule has 0 aromatic carbocycles. The van der Waals surface area contributed by atoms with Gasteiger partial charge in [-0.3, -0.25) is 14.9 Å². The van der Waals surface area contributed by atoms with Crippen molar-refractivity contribution >= 4 is 18.5 Å². The Labute approximate surface area is 161 Å². The van der Waals surface area contributed by atoms with E-state index >= 15 is 0 Å². The summed E-state index contributed by atoms with van der Waals surface area (Å²) < 4.78 is 0. The third kappa shape index (κ3) is 7.52. The first kappa shape index (κ1) is 22.2. The van der Waals surface area contributed by atoms with Crippen LogP contribution in [-0.2, 0) is 9.59 Å². The fourth-order valence-electron chi connectivity index (χ4n) is 2.25. The molecule has 0 spiro atoms. The number of hydrogen-bond donors (Lipinski definition) is 5. The van der Waals surface area contributed by atoms with Gasteiger partial charge in [0.05, 0.1) is 0 Å². The second kappa shape index (κ2) is 11.0. The molecule has 0 saturated heterocycles. The van der Waals surface area contributed by atoms with Crippen LogP contribution in [0.4, 0.5) is 0 Å². The standard InChI is InChI=1S/C20H31N5O2/c1-6-13(2)14(3)9-19(25-17-7-8-17)24-15(4)16(11-21)10-18(22-5)20(27)23-12-26/h9-12,17,21-22,24-25H,6-8H2,1-5H3,(H,23,26,27)/b14-13-,16-15-,18-10-,19-9+,21-11?. The minimum Gasteiger partial charge on any atom is -0.384 e. The van der Waals surface area contributed by atoms with Crippen LogP contribution >= 0.6 is 0 Å². The first-order chi connectivity index (χ1) is 12.9. The Morgan fingerprint density at radius 1 is 1.19 bits per heavy atom. The van der Waals surface area contributed by atoms with Gasteiger partial charge < -0.3 is 21.4 Å². The summed E-state index contributed by atoms with van der Waals surface area (Å²) in [4.78, 5) is 22.3. The lowest BCUT2D eigenvalue weighted by Gasteiger charge is -2.16. The lowest BCUT2D eigenvalue weighted by atomic mass is 10.1. The average molecular weight is 374 g/mol. The summed E-state index contributed by atoms with van der Waals surface area (Å²) in [6.07, 6.45) is 8.38. The molecule has 0 atom stereocenters. The van der Waals surface area contributed by atoms with Crippen LogP contribution < -0.4 is 21.3 Å². The van der Waals surface area contributed by atoms with E-state index in [-0.39, 0.29) is 5.70 Å². The molecule has 2 amide bonds. The van der Waals surface area contributed by atoms with Gasteiger partial charge in [-0.25, -0.2) is 0 Å². The Bertz CT molecular complexity index is 697. The monoisotopic (exact) mass is 373 g/mol. The van der Waals surface area contributed by atoms with Crippen molar-refractivity contribution in [2.24, 2.45) is 0 Å². The van der Waals surface area contributed by atoms with Crippen LogP contribution in [0.25, 0.3) is 0 Å². The molecular formula is C20H31N5O2. The number of carbonyl (C=O) groups is 2. The molecule has 7 nitrogen and oxygen atoms in total. The van der Waals surface area contributed by atoms with Gasteiger partial charge in [-0.05, 0) is 57.8 Å². The van der Waals surface area contributed by atoms with E-state index in [1.807, 2.05) is 6.92 Å². The Hall–Kier alpha value is -2.83. The minimum atomic E-state index is -0.552. The van der Waals surface area contributed by atoms with Crippen molar-refractivity contribution in [3.63, 3.8) is 0 Å². The van der Waals surface area contributed by atoms with Crippen molar-refractivity contribution in [2.75, 3.05) is 7.05 Å². The lowest BCUT2D eigenvalue weighted by Crippen LogP contribution is -2.30. The van der Waals surface area contributed by atoms with Crippen LogP contribution in [0.2, 0.25) is 0 Å². The molecule has 0 radical (unpaired) electrons. The molecule has 0 aromatic rings. The van der Waals surface area contributed by atoms with E-state index in [1.165, 1.54) is 23.4 Å². The summed E-state index contributed by atoms with van der Waals surface area (Å²) in [5, 5.41) is 19.3. The van der Waals surface area contributed by atoms with Gasteiger partial charge in [-0.15, -0.1) is 0 Å². The topological polar surface area (TPSA) is 106 Å². The number of rotatable bonds is 11. The Balaban J connectivity index is 3.15. The van der Waals surface area contributed by atoms with Gasteiger partial charge in [0, 0.05) is 30.6 Å². The van der Waals surface area contributed by atoms with Crippen LogP contribution in [0, 0.1) is 5.41 Å². The van der Waals surface area contributed by atoms with Gasteiger partial charge in [0.15, 0.2) is 0 Å². The molecule has 0 aromatic heterocycles. The summed E-state index contributed by atoms with van der Waals surface area (Å²) in [6, 6.07) is 0.469. The van der Waals surface area contributed by atoms with E-state index in [9.17, 15) is 9.59 Å². The number of hydrogen-bond acceptors (Lipinski definition) is 6. The SMILES string of the molecule is CC/C(C)=C(C)\C=C(/N/C(C)=C(C=N)/C=C(\NC)C(=O)NC=O)NC1CC1. The maximum Gasteiger partial charge on any atom is 0.273 e. The van der Waals surface area contributed by atoms with Gasteiger partial charge in [0.1, 0.15) is 11.5 Å². The third-order valence-corrected chi connectivity index (χ3v) is 4.42. The highest BCUT2D eigenvalue weighted by molar-refractivity contribution is 6.00. The van der Waals surface area contributed by atoms with Crippen molar-refractivity contribution < 1.29 is 9.59 Å². The number of allylic oxidation sites excluding steroid dienone is 6. The molecule has 0 heterocycles. The van der Waals surface area contributed by atoms with Crippen LogP contribution in [-0.4, -0.2) is 31.6 Å². The molecule has 0 unspecified atom stereocenters. The quantitative estimate of drug-likeness (QED) is 0.165. The minimum absolute atomic E-state index is 0.195. The number of nitrogens with one attached hydrogen (secondary N) is 5. The first-order valence-corrected chi connectivity index (χ1v) is 9.13. The summed E-state index contributed by atoms with van der Waals surface area (Å²) in [7, 11) is 1.59. The largest absolute Gasteiger partial charge is 0.384 e. The average Bonchev–Trinajstić information content (AvgIpc) is 3.45. The number of likely N-dealkylation sites (N-methyl/N-ethyl adjacent to an activating group) is 1. The Kier molecular flexibility index (Phi) is 9.05. The Morgan fingerprint density at radius 3 is 2.33 bits per heavy atom. The van der Waals surface area contributed by atoms with Gasteiger partial charge in [0.25, 0.3) is 5.91 Å². The van der Waals surface area contributed by atoms with Crippen molar-refractivity contribution in [1.82, 2.24) is 21.3 Å². The smallest absolute Gasteiger partial charge is 0.273 e. The van der Waals surface area contributed by atoms with Crippen LogP contribution in [0.15, 0.2) is 46.1 Å². The summed E-state index contributed by atoms with van der Waals surface area (Å²) in [5.74, 6) is 0.320. The second-order valence-corrected chi connectivity index (χ2v) is 6.54. The Morgan fingerprint density at radius 2 is 1.85 bits per heavy atom. The van der Waals surface area contributed by atoms with Crippen molar-refractivity contribution in [3.8, 4) is 0 Å². The second-order valence-electron chi connectivity index (χ2n) is 6.54. The fraction of sp³-hybridized carbons (Fsp3) is 0.450. The molecule has 1 rings (SSSR count). The van der Waals surface area contributed by atoms with E-state index < -0.39 is 5.91 Å². The van der Waals surface area contributed by atoms with E-state index in [0.717, 1.165) is 30.8 Å². The van der Waals surface area contributed by atoms with E-state index in [0.29, 0.717) is 18.0 Å². The van der Waals surface area contributed by atoms with Crippen molar-refractivity contribution in [1.29, 1.82) is 5.41 Å². The fourth-order valence-corrected chi connectivity index (χ4v) is 2.25. The molecule has 7 heteroatoms. The van der Waals surface area contributed by atoms with E-state index in [1.54, 1.807) is 7.05 Å². The van der Waals surface area contributed by atoms with Crippen LogP contribution in [0.5, 0.6) is 0 Å². The molecule has 1 saturated carbocycles.